The number of rotatable bonds is 15. The van der Waals surface area contributed by atoms with Crippen LogP contribution in [0.3, 0.4) is 0 Å². The molecule has 2 heterocycles. The molecule has 0 saturated heterocycles. The van der Waals surface area contributed by atoms with Gasteiger partial charge in [0.15, 0.2) is 17.3 Å². The smallest absolute Gasteiger partial charge is 0.504 e. The quantitative estimate of drug-likeness (QED) is 0.0677. The van der Waals surface area contributed by atoms with Gasteiger partial charge < -0.3 is 24.7 Å². The number of imidazole rings is 1. The molecule has 0 aliphatic carbocycles. The van der Waals surface area contributed by atoms with Crippen molar-refractivity contribution < 1.29 is 33.5 Å². The Morgan fingerprint density at radius 1 is 1.10 bits per heavy atom. The number of aromatic nitrogens is 3. The van der Waals surface area contributed by atoms with Gasteiger partial charge in [-0.3, -0.25) is 9.79 Å². The first kappa shape index (κ1) is 30.2. The number of phenols is 1. The molecule has 0 aliphatic rings. The van der Waals surface area contributed by atoms with Crippen molar-refractivity contribution in [1.82, 2.24) is 14.5 Å². The Bertz CT molecular complexity index is 1610. The van der Waals surface area contributed by atoms with Crippen LogP contribution in [0.25, 0.3) is 21.9 Å². The minimum atomic E-state index is -4.93. The third kappa shape index (κ3) is 7.70. The van der Waals surface area contributed by atoms with E-state index >= 15 is 0 Å². The molecule has 0 radical (unpaired) electrons. The van der Waals surface area contributed by atoms with Gasteiger partial charge in [-0.1, -0.05) is 31.5 Å². The number of unbranched alkanes of at least 4 members (excludes halogenated alkanes) is 1. The minimum Gasteiger partial charge on any atom is -0.504 e. The molecule has 4 aromatic rings. The van der Waals surface area contributed by atoms with Gasteiger partial charge in [-0.15, -0.1) is 0 Å². The van der Waals surface area contributed by atoms with Gasteiger partial charge in [0.1, 0.15) is 11.3 Å². The van der Waals surface area contributed by atoms with Gasteiger partial charge in [0.05, 0.1) is 24.1 Å². The van der Waals surface area contributed by atoms with E-state index in [0.29, 0.717) is 49.2 Å². The number of phenolic OH excluding ortho intramolecular Hbond substituents is 1. The summed E-state index contributed by atoms with van der Waals surface area (Å²) in [6.45, 7) is 3.70. The lowest BCUT2D eigenvalue weighted by molar-refractivity contribution is 0.131. The fourth-order valence-corrected chi connectivity index (χ4v) is 5.17. The predicted octanol–water partition coefficient (Wildman–Crippen LogP) is 4.41. The molecular weight excluding hydrogens is 549 g/mol. The van der Waals surface area contributed by atoms with Gasteiger partial charge >= 0.3 is 7.82 Å². The topological polar surface area (TPSA) is 182 Å². The zero-order chi connectivity index (χ0) is 29.4. The second kappa shape index (κ2) is 13.7. The van der Waals surface area contributed by atoms with Gasteiger partial charge in [0, 0.05) is 30.6 Å². The van der Waals surface area contributed by atoms with Crippen LogP contribution in [0.5, 0.6) is 11.5 Å². The molecule has 2 aromatic carbocycles. The molecule has 0 saturated carbocycles. The molecule has 218 valence electrons. The molecular formula is C28H34N5O7P. The summed E-state index contributed by atoms with van der Waals surface area (Å²) in [7, 11) is -4.93. The predicted molar refractivity (Wildman–Crippen MR) is 155 cm³/mol. The molecule has 0 amide bonds. The van der Waals surface area contributed by atoms with E-state index in [9.17, 15) is 24.3 Å². The SMILES string of the molecule is CCCCc1nc2c(N)nc3ccc(CCCOCCCN=C=O)cc3c2n1Cc1cccc(O)c1OP(=O)(O)O. The van der Waals surface area contributed by atoms with Crippen molar-refractivity contribution in [3.05, 3.63) is 53.3 Å². The number of nitrogens with zero attached hydrogens (tertiary/aromatic N) is 4. The van der Waals surface area contributed by atoms with Crippen molar-refractivity contribution in [3.8, 4) is 11.5 Å². The number of fused-ring (bicyclic) bond motifs is 3. The number of hydrogen-bond donors (Lipinski definition) is 4. The van der Waals surface area contributed by atoms with Crippen LogP contribution in [0, 0.1) is 0 Å². The molecule has 13 heteroatoms. The van der Waals surface area contributed by atoms with E-state index < -0.39 is 7.82 Å². The van der Waals surface area contributed by atoms with Crippen molar-refractivity contribution in [2.24, 2.45) is 4.99 Å². The summed E-state index contributed by atoms with van der Waals surface area (Å²) < 4.78 is 24.1. The Balaban J connectivity index is 1.72. The number of anilines is 1. The molecule has 2 aromatic heterocycles. The zero-order valence-electron chi connectivity index (χ0n) is 22.8. The lowest BCUT2D eigenvalue weighted by atomic mass is 10.1. The summed E-state index contributed by atoms with van der Waals surface area (Å²) in [5, 5.41) is 11.2. The van der Waals surface area contributed by atoms with Crippen molar-refractivity contribution in [2.75, 3.05) is 25.5 Å². The summed E-state index contributed by atoms with van der Waals surface area (Å²) in [5.41, 5.74) is 9.79. The molecule has 5 N–H and O–H groups in total. The van der Waals surface area contributed by atoms with Gasteiger partial charge in [0.25, 0.3) is 0 Å². The van der Waals surface area contributed by atoms with Crippen LogP contribution < -0.4 is 10.3 Å². The number of benzene rings is 2. The standard InChI is InChI=1S/C28H34N5O7P/c1-2-3-10-24-32-25-26(33(24)17-20-8-4-9-23(35)27(20)40-41(36,37)38)21-16-19(11-12-22(21)31-28(25)29)7-5-14-39-15-6-13-30-18-34/h4,8-9,11-12,16,35H,2-3,5-7,10,13-15,17H2,1H3,(H2,29,31)(H2,36,37,38). The average molecular weight is 584 g/mol. The number of aliphatic imine (C=N–C) groups is 1. The summed E-state index contributed by atoms with van der Waals surface area (Å²) >= 11 is 0. The van der Waals surface area contributed by atoms with Crippen LogP contribution >= 0.6 is 7.82 Å². The summed E-state index contributed by atoms with van der Waals surface area (Å²) in [6.07, 6.45) is 6.19. The molecule has 0 aliphatic heterocycles. The molecule has 12 nitrogen and oxygen atoms in total. The molecule has 0 bridgehead atoms. The second-order valence-corrected chi connectivity index (χ2v) is 10.8. The normalized spacial score (nSPS) is 11.7. The first-order chi connectivity index (χ1) is 19.7. The van der Waals surface area contributed by atoms with Crippen LogP contribution in [0.1, 0.15) is 49.6 Å². The third-order valence-electron chi connectivity index (χ3n) is 6.59. The van der Waals surface area contributed by atoms with Crippen LogP contribution in [0.15, 0.2) is 41.4 Å². The van der Waals surface area contributed by atoms with Gasteiger partial charge in [-0.05, 0) is 49.4 Å². The fourth-order valence-electron chi connectivity index (χ4n) is 4.72. The average Bonchev–Trinajstić information content (AvgIpc) is 3.29. The van der Waals surface area contributed by atoms with E-state index in [-0.39, 0.29) is 23.9 Å². The molecule has 41 heavy (non-hydrogen) atoms. The highest BCUT2D eigenvalue weighted by atomic mass is 31.2. The number of phosphoric acid groups is 1. The second-order valence-electron chi connectivity index (χ2n) is 9.65. The lowest BCUT2D eigenvalue weighted by Crippen LogP contribution is -2.08. The number of para-hydroxylation sites is 1. The van der Waals surface area contributed by atoms with Crippen LogP contribution in [0.2, 0.25) is 0 Å². The number of aryl methyl sites for hydroxylation is 2. The Morgan fingerprint density at radius 3 is 2.66 bits per heavy atom. The summed E-state index contributed by atoms with van der Waals surface area (Å²) in [6, 6.07) is 10.5. The maximum absolute atomic E-state index is 11.7. The van der Waals surface area contributed by atoms with Crippen molar-refractivity contribution >= 4 is 41.7 Å². The molecule has 0 atom stereocenters. The van der Waals surface area contributed by atoms with E-state index in [4.69, 9.17) is 20.0 Å². The highest BCUT2D eigenvalue weighted by Gasteiger charge is 2.24. The Kier molecular flexibility index (Phi) is 10.1. The molecule has 0 fully saturated rings. The summed E-state index contributed by atoms with van der Waals surface area (Å²) in [4.78, 5) is 42.0. The zero-order valence-corrected chi connectivity index (χ0v) is 23.7. The van der Waals surface area contributed by atoms with Gasteiger partial charge in [-0.25, -0.2) is 24.3 Å². The van der Waals surface area contributed by atoms with E-state index in [1.165, 1.54) is 12.1 Å². The number of nitrogen functional groups attached to an aromatic ring is 1. The van der Waals surface area contributed by atoms with Crippen LogP contribution in [-0.2, 0) is 33.5 Å². The maximum Gasteiger partial charge on any atom is 0.524 e. The van der Waals surface area contributed by atoms with E-state index in [1.54, 1.807) is 12.1 Å². The monoisotopic (exact) mass is 583 g/mol. The van der Waals surface area contributed by atoms with E-state index in [0.717, 1.165) is 48.0 Å². The van der Waals surface area contributed by atoms with Crippen molar-refractivity contribution in [3.63, 3.8) is 0 Å². The largest absolute Gasteiger partial charge is 0.524 e. The number of aromatic hydroxyl groups is 1. The van der Waals surface area contributed by atoms with Crippen LogP contribution in [-0.4, -0.2) is 55.3 Å². The third-order valence-corrected chi connectivity index (χ3v) is 7.01. The first-order valence-electron chi connectivity index (χ1n) is 13.5. The number of pyridine rings is 1. The fraction of sp³-hybridized carbons (Fsp3) is 0.393. The Hall–Kier alpha value is -3.79. The number of phosphoric ester groups is 1. The molecule has 0 unspecified atom stereocenters. The Morgan fingerprint density at radius 2 is 1.90 bits per heavy atom. The molecule has 0 spiro atoms. The highest BCUT2D eigenvalue weighted by Crippen LogP contribution is 2.44. The highest BCUT2D eigenvalue weighted by molar-refractivity contribution is 7.46. The van der Waals surface area contributed by atoms with Gasteiger partial charge in [0.2, 0.25) is 6.08 Å². The molecule has 4 rings (SSSR count). The number of nitrogens with two attached hydrogens (primary N) is 1. The van der Waals surface area contributed by atoms with Gasteiger partial charge in [-0.2, -0.15) is 0 Å². The van der Waals surface area contributed by atoms with E-state index in [2.05, 4.69) is 23.0 Å². The van der Waals surface area contributed by atoms with Crippen molar-refractivity contribution in [2.45, 2.75) is 52.0 Å². The number of ether oxygens (including phenoxy) is 1. The first-order valence-corrected chi connectivity index (χ1v) is 15.0. The minimum absolute atomic E-state index is 0.129. The number of hydrogen-bond acceptors (Lipinski definition) is 9. The lowest BCUT2D eigenvalue weighted by Gasteiger charge is -2.16. The van der Waals surface area contributed by atoms with Crippen LogP contribution in [0.4, 0.5) is 5.82 Å². The summed E-state index contributed by atoms with van der Waals surface area (Å²) in [5.74, 6) is 0.365. The number of carbonyl (C=O) groups excluding carboxylic acids is 1. The van der Waals surface area contributed by atoms with Crippen molar-refractivity contribution in [1.29, 1.82) is 0 Å². The number of isocyanates is 1. The Labute approximate surface area is 237 Å². The maximum atomic E-state index is 11.7. The van der Waals surface area contributed by atoms with E-state index in [1.807, 2.05) is 16.7 Å².